The highest BCUT2D eigenvalue weighted by Gasteiger charge is 2.67. The lowest BCUT2D eigenvalue weighted by atomic mass is 9.45. The van der Waals surface area contributed by atoms with Crippen molar-refractivity contribution >= 4 is 5.97 Å². The number of aliphatic hydroxyl groups is 6. The second-order valence-corrected chi connectivity index (χ2v) is 16.1. The van der Waals surface area contributed by atoms with Crippen molar-refractivity contribution < 1.29 is 63.9 Å². The minimum atomic E-state index is -1.61. The van der Waals surface area contributed by atoms with Gasteiger partial charge < -0.3 is 59.1 Å². The largest absolute Gasteiger partial charge is 0.458 e. The van der Waals surface area contributed by atoms with E-state index in [0.717, 1.165) is 56.9 Å². The molecule has 3 saturated carbocycles. The van der Waals surface area contributed by atoms with Gasteiger partial charge in [0.2, 0.25) is 0 Å². The summed E-state index contributed by atoms with van der Waals surface area (Å²) >= 11 is 0. The molecule has 0 amide bonds. The highest BCUT2D eigenvalue weighted by Crippen LogP contribution is 2.69. The lowest BCUT2D eigenvalue weighted by Crippen LogP contribution is -2.64. The first-order valence-electron chi connectivity index (χ1n) is 18.0. The molecule has 4 aliphatic carbocycles. The van der Waals surface area contributed by atoms with Crippen LogP contribution in [0.2, 0.25) is 0 Å². The highest BCUT2D eigenvalue weighted by molar-refractivity contribution is 5.85. The summed E-state index contributed by atoms with van der Waals surface area (Å²) < 4.78 is 34.9. The first kappa shape index (κ1) is 35.9. The number of allylic oxidation sites excluding steroid dienone is 1. The Morgan fingerprint density at radius 1 is 0.878 bits per heavy atom. The zero-order valence-corrected chi connectivity index (χ0v) is 28.8. The van der Waals surface area contributed by atoms with Gasteiger partial charge in [-0.05, 0) is 87.0 Å². The number of hydrogen-bond donors (Lipinski definition) is 6. The summed E-state index contributed by atoms with van der Waals surface area (Å²) in [6.07, 6.45) is -1.73. The molecule has 0 aromatic carbocycles. The fourth-order valence-corrected chi connectivity index (χ4v) is 11.0. The number of carbonyl (C=O) groups is 1. The Bertz CT molecular complexity index is 1320. The van der Waals surface area contributed by atoms with Gasteiger partial charge in [0.1, 0.15) is 49.3 Å². The molecule has 5 fully saturated rings. The summed E-state index contributed by atoms with van der Waals surface area (Å²) in [4.78, 5) is 11.9. The molecule has 6 N–H and O–H groups in total. The maximum atomic E-state index is 12.5. The van der Waals surface area contributed by atoms with E-state index in [0.29, 0.717) is 12.5 Å². The fraction of sp³-hybridized carbons (Fsp3) is 0.861. The molecule has 0 aromatic rings. The fourth-order valence-electron chi connectivity index (χ4n) is 11.0. The summed E-state index contributed by atoms with van der Waals surface area (Å²) in [5.74, 6) is 0.375. The van der Waals surface area contributed by atoms with Crippen LogP contribution in [0.1, 0.15) is 72.1 Å². The first-order chi connectivity index (χ1) is 23.3. The summed E-state index contributed by atoms with van der Waals surface area (Å²) in [6.45, 7) is 6.04. The minimum Gasteiger partial charge on any atom is -0.458 e. The molecule has 0 aromatic heterocycles. The van der Waals surface area contributed by atoms with Crippen molar-refractivity contribution in [2.45, 2.75) is 145 Å². The number of methoxy groups -OCH3 is 1. The Hall–Kier alpha value is -1.49. The van der Waals surface area contributed by atoms with Gasteiger partial charge in [-0.25, -0.2) is 4.79 Å². The van der Waals surface area contributed by atoms with E-state index in [4.69, 9.17) is 28.4 Å². The van der Waals surface area contributed by atoms with Crippen molar-refractivity contribution in [2.75, 3.05) is 20.3 Å². The number of carbonyl (C=O) groups excluding carboxylic acids is 1. The third-order valence-corrected chi connectivity index (χ3v) is 13.9. The van der Waals surface area contributed by atoms with Gasteiger partial charge in [-0.1, -0.05) is 25.5 Å². The van der Waals surface area contributed by atoms with Crippen molar-refractivity contribution in [3.63, 3.8) is 0 Å². The molecule has 3 aliphatic heterocycles. The molecule has 49 heavy (non-hydrogen) atoms. The number of hydrogen-bond acceptors (Lipinski definition) is 13. The smallest absolute Gasteiger partial charge is 0.331 e. The van der Waals surface area contributed by atoms with Gasteiger partial charge in [0.15, 0.2) is 12.6 Å². The molecule has 13 heteroatoms. The Morgan fingerprint density at radius 3 is 2.33 bits per heavy atom. The standard InChI is InChI=1S/C36H54O13/c1-17-30(49-32-28(41)27(40)26(39)24(15-37)48-32)31(44-4)29(42)33(46-17)47-20-7-10-34(2)19(14-20)5-6-23-22(34)8-11-35(3)21(9-12-36(23,35)43)18-13-25(38)45-16-18/h13-14,17,20-24,26-33,37,39-43H,5-12,15-16H2,1-4H3. The van der Waals surface area contributed by atoms with E-state index in [2.05, 4.69) is 19.9 Å². The first-order valence-corrected chi connectivity index (χ1v) is 18.0. The Balaban J connectivity index is 1.02. The number of cyclic esters (lactones) is 1. The van der Waals surface area contributed by atoms with Crippen molar-refractivity contribution in [1.82, 2.24) is 0 Å². The van der Waals surface area contributed by atoms with Gasteiger partial charge in [-0.15, -0.1) is 0 Å². The van der Waals surface area contributed by atoms with Crippen LogP contribution in [0.15, 0.2) is 23.3 Å². The summed E-state index contributed by atoms with van der Waals surface area (Å²) in [5, 5.41) is 64.3. The van der Waals surface area contributed by atoms with Crippen LogP contribution in [0.3, 0.4) is 0 Å². The molecule has 17 unspecified atom stereocenters. The van der Waals surface area contributed by atoms with E-state index in [9.17, 15) is 35.4 Å². The van der Waals surface area contributed by atoms with Crippen LogP contribution in [-0.4, -0.2) is 130 Å². The lowest BCUT2D eigenvalue weighted by Gasteiger charge is -2.62. The predicted molar refractivity (Wildman–Crippen MR) is 170 cm³/mol. The number of fused-ring (bicyclic) bond motifs is 5. The van der Waals surface area contributed by atoms with Crippen molar-refractivity contribution in [1.29, 1.82) is 0 Å². The number of ether oxygens (including phenoxy) is 6. The molecule has 7 aliphatic rings. The Kier molecular flexibility index (Phi) is 9.65. The van der Waals surface area contributed by atoms with Crippen LogP contribution in [-0.2, 0) is 33.2 Å². The number of aliphatic hydroxyl groups excluding tert-OH is 5. The van der Waals surface area contributed by atoms with E-state index >= 15 is 0 Å². The minimum absolute atomic E-state index is 0.0810. The van der Waals surface area contributed by atoms with E-state index in [-0.39, 0.29) is 34.7 Å². The molecule has 3 heterocycles. The van der Waals surface area contributed by atoms with Crippen LogP contribution in [0, 0.1) is 28.6 Å². The second kappa shape index (κ2) is 13.2. The summed E-state index contributed by atoms with van der Waals surface area (Å²) in [7, 11) is 1.42. The van der Waals surface area contributed by atoms with Crippen LogP contribution in [0.5, 0.6) is 0 Å². The summed E-state index contributed by atoms with van der Waals surface area (Å²) in [6, 6.07) is 0. The van der Waals surface area contributed by atoms with E-state index < -0.39 is 73.6 Å². The molecule has 7 rings (SSSR count). The molecule has 17 atom stereocenters. The Labute approximate surface area is 287 Å². The monoisotopic (exact) mass is 694 g/mol. The van der Waals surface area contributed by atoms with Gasteiger partial charge in [0, 0.05) is 18.6 Å². The third kappa shape index (κ3) is 5.67. The molecular weight excluding hydrogens is 640 g/mol. The SMILES string of the molecule is COC1C(O)C(OC2C=C3CCC4C(CCC5(C)C(C6=CC(=O)OC6)CCC45O)C3(C)CC2)OC(C)C1OC1OC(CO)C(O)C(O)C1O. The van der Waals surface area contributed by atoms with Crippen molar-refractivity contribution in [2.24, 2.45) is 28.6 Å². The second-order valence-electron chi connectivity index (χ2n) is 16.1. The highest BCUT2D eigenvalue weighted by atomic mass is 16.7. The van der Waals surface area contributed by atoms with Gasteiger partial charge >= 0.3 is 5.97 Å². The van der Waals surface area contributed by atoms with Gasteiger partial charge in [0.25, 0.3) is 0 Å². The topological polar surface area (TPSA) is 194 Å². The van der Waals surface area contributed by atoms with Crippen LogP contribution >= 0.6 is 0 Å². The molecule has 0 radical (unpaired) electrons. The molecule has 276 valence electrons. The third-order valence-electron chi connectivity index (χ3n) is 13.9. The average Bonchev–Trinajstić information content (AvgIpc) is 3.62. The van der Waals surface area contributed by atoms with Gasteiger partial charge in [-0.2, -0.15) is 0 Å². The van der Waals surface area contributed by atoms with Crippen LogP contribution in [0.4, 0.5) is 0 Å². The Morgan fingerprint density at radius 2 is 1.63 bits per heavy atom. The molecule has 0 spiro atoms. The maximum Gasteiger partial charge on any atom is 0.331 e. The van der Waals surface area contributed by atoms with Crippen LogP contribution in [0.25, 0.3) is 0 Å². The lowest BCUT2D eigenvalue weighted by molar-refractivity contribution is -0.359. The quantitative estimate of drug-likeness (QED) is 0.163. The molecule has 0 bridgehead atoms. The van der Waals surface area contributed by atoms with E-state index in [1.54, 1.807) is 13.0 Å². The van der Waals surface area contributed by atoms with Gasteiger partial charge in [-0.3, -0.25) is 0 Å². The van der Waals surface area contributed by atoms with E-state index in [1.165, 1.54) is 12.7 Å². The zero-order chi connectivity index (χ0) is 35.0. The maximum absolute atomic E-state index is 12.5. The van der Waals surface area contributed by atoms with Crippen molar-refractivity contribution in [3.8, 4) is 0 Å². The normalized spacial score (nSPS) is 52.8. The molecule has 2 saturated heterocycles. The van der Waals surface area contributed by atoms with Gasteiger partial charge in [0.05, 0.1) is 24.4 Å². The number of rotatable bonds is 7. The molecule has 13 nitrogen and oxygen atoms in total. The van der Waals surface area contributed by atoms with Crippen molar-refractivity contribution in [3.05, 3.63) is 23.3 Å². The average molecular weight is 695 g/mol. The van der Waals surface area contributed by atoms with E-state index in [1.807, 2.05) is 0 Å². The van der Waals surface area contributed by atoms with Crippen LogP contribution < -0.4 is 0 Å². The predicted octanol–water partition coefficient (Wildman–Crippen LogP) is 0.855. The summed E-state index contributed by atoms with van der Waals surface area (Å²) in [5.41, 5.74) is 1.19. The number of esters is 1. The molecular formula is C36H54O13. The zero-order valence-electron chi connectivity index (χ0n) is 28.8.